The van der Waals surface area contributed by atoms with E-state index in [-0.39, 0.29) is 5.56 Å². The molecule has 0 bridgehead atoms. The highest BCUT2D eigenvalue weighted by Crippen LogP contribution is 2.21. The summed E-state index contributed by atoms with van der Waals surface area (Å²) in [7, 11) is 0. The molecule has 1 aromatic carbocycles. The monoisotopic (exact) mass is 349 g/mol. The molecule has 4 rings (SSSR count). The quantitative estimate of drug-likeness (QED) is 0.573. The summed E-state index contributed by atoms with van der Waals surface area (Å²) < 4.78 is 1.61. The molecule has 0 amide bonds. The van der Waals surface area contributed by atoms with Gasteiger partial charge in [0.25, 0.3) is 5.56 Å². The van der Waals surface area contributed by atoms with Gasteiger partial charge in [0.05, 0.1) is 5.69 Å². The van der Waals surface area contributed by atoms with Crippen molar-refractivity contribution in [2.45, 2.75) is 17.8 Å². The number of fused-ring (bicyclic) bond motifs is 1. The minimum atomic E-state index is -0.0707. The fourth-order valence-corrected chi connectivity index (χ4v) is 3.30. The van der Waals surface area contributed by atoms with Gasteiger partial charge in [-0.3, -0.25) is 14.3 Å². The summed E-state index contributed by atoms with van der Waals surface area (Å²) in [6.45, 7) is 1.89. The zero-order valence-electron chi connectivity index (χ0n) is 13.5. The Labute approximate surface area is 148 Å². The molecule has 0 aliphatic carbocycles. The van der Waals surface area contributed by atoms with Gasteiger partial charge >= 0.3 is 0 Å². The van der Waals surface area contributed by atoms with E-state index in [1.807, 2.05) is 55.5 Å². The van der Waals surface area contributed by atoms with Crippen LogP contribution in [0.3, 0.4) is 0 Å². The summed E-state index contributed by atoms with van der Waals surface area (Å²) in [5.74, 6) is 1.26. The van der Waals surface area contributed by atoms with Crippen molar-refractivity contribution in [3.05, 3.63) is 76.3 Å². The number of hydrogen-bond acceptors (Lipinski definition) is 5. The van der Waals surface area contributed by atoms with Gasteiger partial charge in [-0.15, -0.1) is 5.10 Å². The second kappa shape index (κ2) is 6.52. The molecule has 0 radical (unpaired) electrons. The number of benzene rings is 1. The number of nitrogens with one attached hydrogen (secondary N) is 1. The fraction of sp³-hybridized carbons (Fsp3) is 0.111. The Morgan fingerprint density at radius 1 is 1.08 bits per heavy atom. The molecule has 0 atom stereocenters. The van der Waals surface area contributed by atoms with Crippen LogP contribution in [0.1, 0.15) is 11.4 Å². The van der Waals surface area contributed by atoms with Gasteiger partial charge in [0.1, 0.15) is 5.65 Å². The second-order valence-corrected chi connectivity index (χ2v) is 6.51. The van der Waals surface area contributed by atoms with E-state index in [1.165, 1.54) is 11.8 Å². The third-order valence-electron chi connectivity index (χ3n) is 3.79. The summed E-state index contributed by atoms with van der Waals surface area (Å²) in [6, 6.07) is 17.0. The summed E-state index contributed by atoms with van der Waals surface area (Å²) in [6.07, 6.45) is 0. The van der Waals surface area contributed by atoms with Crippen LogP contribution >= 0.6 is 11.8 Å². The third-order valence-corrected chi connectivity index (χ3v) is 4.68. The molecule has 0 fully saturated rings. The van der Waals surface area contributed by atoms with Gasteiger partial charge in [0.2, 0.25) is 5.16 Å². The van der Waals surface area contributed by atoms with Crippen LogP contribution in [-0.4, -0.2) is 24.6 Å². The first kappa shape index (κ1) is 15.6. The number of thioether (sulfide) groups is 1. The Morgan fingerprint density at radius 2 is 1.92 bits per heavy atom. The van der Waals surface area contributed by atoms with Crippen molar-refractivity contribution >= 4 is 17.4 Å². The smallest absolute Gasteiger partial charge is 0.258 e. The molecule has 0 aliphatic heterocycles. The van der Waals surface area contributed by atoms with Crippen LogP contribution in [0, 0.1) is 6.92 Å². The number of aromatic amines is 1. The predicted molar refractivity (Wildman–Crippen MR) is 97.6 cm³/mol. The van der Waals surface area contributed by atoms with E-state index in [0.29, 0.717) is 22.3 Å². The van der Waals surface area contributed by atoms with Crippen molar-refractivity contribution in [1.82, 2.24) is 24.6 Å². The van der Waals surface area contributed by atoms with Crippen LogP contribution in [0.4, 0.5) is 0 Å². The molecule has 1 N–H and O–H groups in total. The second-order valence-electron chi connectivity index (χ2n) is 5.57. The molecular weight excluding hydrogens is 334 g/mol. The van der Waals surface area contributed by atoms with Crippen molar-refractivity contribution in [3.8, 4) is 11.4 Å². The van der Waals surface area contributed by atoms with Gasteiger partial charge in [-0.2, -0.15) is 0 Å². The summed E-state index contributed by atoms with van der Waals surface area (Å²) in [5, 5.41) is 7.79. The number of aryl methyl sites for hydroxylation is 1. The van der Waals surface area contributed by atoms with E-state index in [2.05, 4.69) is 20.2 Å². The molecule has 3 aromatic heterocycles. The molecule has 0 aliphatic rings. The van der Waals surface area contributed by atoms with Crippen LogP contribution in [0.5, 0.6) is 0 Å². The van der Waals surface area contributed by atoms with E-state index < -0.39 is 0 Å². The van der Waals surface area contributed by atoms with E-state index in [9.17, 15) is 4.79 Å². The molecule has 124 valence electrons. The van der Waals surface area contributed by atoms with Crippen molar-refractivity contribution in [1.29, 1.82) is 0 Å². The minimum absolute atomic E-state index is 0.0707. The molecular formula is C18H15N5OS. The fourth-order valence-electron chi connectivity index (χ4n) is 2.61. The Balaban J connectivity index is 1.55. The van der Waals surface area contributed by atoms with E-state index in [1.54, 1.807) is 10.5 Å². The van der Waals surface area contributed by atoms with E-state index >= 15 is 0 Å². The Morgan fingerprint density at radius 3 is 2.76 bits per heavy atom. The summed E-state index contributed by atoms with van der Waals surface area (Å²) >= 11 is 1.45. The maximum absolute atomic E-state index is 12.3. The van der Waals surface area contributed by atoms with Gasteiger partial charge in [0, 0.05) is 23.1 Å². The Hall–Kier alpha value is -2.93. The number of H-pyrrole nitrogens is 1. The van der Waals surface area contributed by atoms with Gasteiger partial charge in [-0.1, -0.05) is 48.2 Å². The zero-order valence-corrected chi connectivity index (χ0v) is 14.3. The lowest BCUT2D eigenvalue weighted by molar-refractivity contribution is 0.958. The zero-order chi connectivity index (χ0) is 17.2. The van der Waals surface area contributed by atoms with Crippen LogP contribution in [-0.2, 0) is 5.75 Å². The minimum Gasteiger partial charge on any atom is -0.269 e. The van der Waals surface area contributed by atoms with Crippen molar-refractivity contribution in [2.24, 2.45) is 0 Å². The highest BCUT2D eigenvalue weighted by atomic mass is 32.2. The molecule has 6 nitrogen and oxygen atoms in total. The topological polar surface area (TPSA) is 75.9 Å². The van der Waals surface area contributed by atoms with Crippen molar-refractivity contribution < 1.29 is 0 Å². The predicted octanol–water partition coefficient (Wildman–Crippen LogP) is 3.08. The summed E-state index contributed by atoms with van der Waals surface area (Å²) in [4.78, 5) is 21.3. The average molecular weight is 349 g/mol. The van der Waals surface area contributed by atoms with E-state index in [0.717, 1.165) is 17.1 Å². The van der Waals surface area contributed by atoms with Gasteiger partial charge in [-0.25, -0.2) is 9.97 Å². The Bertz CT molecular complexity index is 1090. The lowest BCUT2D eigenvalue weighted by atomic mass is 10.2. The number of aromatic nitrogens is 5. The molecule has 0 spiro atoms. The van der Waals surface area contributed by atoms with Crippen LogP contribution in [0.2, 0.25) is 0 Å². The van der Waals surface area contributed by atoms with Gasteiger partial charge in [-0.05, 0) is 19.1 Å². The number of rotatable bonds is 4. The maximum Gasteiger partial charge on any atom is 0.258 e. The third kappa shape index (κ3) is 3.18. The van der Waals surface area contributed by atoms with Crippen LogP contribution in [0.25, 0.3) is 17.0 Å². The SMILES string of the molecule is Cc1cccc2nc(CSc3n[nH]c(-c4ccccc4)n3)cc(=O)n12. The molecule has 4 aromatic rings. The first-order valence-corrected chi connectivity index (χ1v) is 8.78. The lowest BCUT2D eigenvalue weighted by Crippen LogP contribution is -2.17. The molecule has 7 heteroatoms. The highest BCUT2D eigenvalue weighted by molar-refractivity contribution is 7.98. The average Bonchev–Trinajstić information content (AvgIpc) is 3.10. The first-order valence-electron chi connectivity index (χ1n) is 7.79. The number of pyridine rings is 1. The number of hydrogen-bond donors (Lipinski definition) is 1. The largest absolute Gasteiger partial charge is 0.269 e. The van der Waals surface area contributed by atoms with Crippen molar-refractivity contribution in [2.75, 3.05) is 0 Å². The standard InChI is InChI=1S/C18H15N5OS/c1-12-6-5-9-15-19-14(10-16(24)23(12)15)11-25-18-20-17(21-22-18)13-7-3-2-4-8-13/h2-10H,11H2,1H3,(H,20,21,22). The Kier molecular flexibility index (Phi) is 4.07. The van der Waals surface area contributed by atoms with E-state index in [4.69, 9.17) is 0 Å². The van der Waals surface area contributed by atoms with Crippen molar-refractivity contribution in [3.63, 3.8) is 0 Å². The summed E-state index contributed by atoms with van der Waals surface area (Å²) in [5.41, 5.74) is 3.16. The highest BCUT2D eigenvalue weighted by Gasteiger charge is 2.08. The van der Waals surface area contributed by atoms with Gasteiger partial charge < -0.3 is 0 Å². The normalized spacial score (nSPS) is 11.1. The molecule has 25 heavy (non-hydrogen) atoms. The van der Waals surface area contributed by atoms with Crippen LogP contribution < -0.4 is 5.56 Å². The molecule has 0 unspecified atom stereocenters. The maximum atomic E-state index is 12.3. The van der Waals surface area contributed by atoms with Gasteiger partial charge in [0.15, 0.2) is 5.82 Å². The molecule has 0 saturated carbocycles. The molecule has 3 heterocycles. The van der Waals surface area contributed by atoms with Crippen LogP contribution in [0.15, 0.2) is 64.5 Å². The number of nitrogens with zero attached hydrogens (tertiary/aromatic N) is 4. The lowest BCUT2D eigenvalue weighted by Gasteiger charge is -2.05. The molecule has 0 saturated heterocycles. The first-order chi connectivity index (χ1) is 12.2.